The third-order valence-electron chi connectivity index (χ3n) is 3.65. The number of anilines is 1. The summed E-state index contributed by atoms with van der Waals surface area (Å²) in [4.78, 5) is 25.3. The van der Waals surface area contributed by atoms with Gasteiger partial charge in [-0.3, -0.25) is 9.59 Å². The molecule has 2 amide bonds. The second-order valence-corrected chi connectivity index (χ2v) is 5.56. The number of hydrogen-bond acceptors (Lipinski definition) is 3. The van der Waals surface area contributed by atoms with Gasteiger partial charge in [-0.05, 0) is 23.6 Å². The minimum Gasteiger partial charge on any atom is -0.399 e. The standard InChI is InChI=1S/C16H25N3O2/c1-11(13-5-7-14(17)8-6-13)9-15(20)19(4)10-12(2)16(21)18-3/h5-8,11-12H,9-10,17H2,1-4H3,(H,18,21). The van der Waals surface area contributed by atoms with Crippen molar-refractivity contribution in [3.63, 3.8) is 0 Å². The van der Waals surface area contributed by atoms with Crippen molar-refractivity contribution in [2.45, 2.75) is 26.2 Å². The molecule has 0 spiro atoms. The number of carbonyl (C=O) groups excluding carboxylic acids is 2. The van der Waals surface area contributed by atoms with Gasteiger partial charge in [-0.1, -0.05) is 26.0 Å². The predicted molar refractivity (Wildman–Crippen MR) is 84.8 cm³/mol. The Bertz CT molecular complexity index is 485. The summed E-state index contributed by atoms with van der Waals surface area (Å²) in [6, 6.07) is 7.57. The zero-order valence-corrected chi connectivity index (χ0v) is 13.2. The van der Waals surface area contributed by atoms with Gasteiger partial charge in [-0.25, -0.2) is 0 Å². The molecular formula is C16H25N3O2. The average Bonchev–Trinajstić information content (AvgIpc) is 2.46. The molecule has 0 bridgehead atoms. The van der Waals surface area contributed by atoms with E-state index >= 15 is 0 Å². The molecule has 0 heterocycles. The van der Waals surface area contributed by atoms with Crippen LogP contribution in [0.15, 0.2) is 24.3 Å². The van der Waals surface area contributed by atoms with Crippen molar-refractivity contribution < 1.29 is 9.59 Å². The Balaban J connectivity index is 2.55. The van der Waals surface area contributed by atoms with Crippen LogP contribution in [0.25, 0.3) is 0 Å². The number of hydrogen-bond donors (Lipinski definition) is 2. The molecule has 0 radical (unpaired) electrons. The quantitative estimate of drug-likeness (QED) is 0.782. The van der Waals surface area contributed by atoms with Crippen molar-refractivity contribution in [2.75, 3.05) is 26.4 Å². The Morgan fingerprint density at radius 3 is 2.33 bits per heavy atom. The van der Waals surface area contributed by atoms with Crippen molar-refractivity contribution in [1.29, 1.82) is 0 Å². The molecule has 0 aromatic heterocycles. The molecule has 21 heavy (non-hydrogen) atoms. The van der Waals surface area contributed by atoms with Crippen molar-refractivity contribution in [2.24, 2.45) is 5.92 Å². The third kappa shape index (κ3) is 5.10. The van der Waals surface area contributed by atoms with Gasteiger partial charge in [0.1, 0.15) is 0 Å². The van der Waals surface area contributed by atoms with Crippen LogP contribution >= 0.6 is 0 Å². The van der Waals surface area contributed by atoms with Crippen LogP contribution in [0.5, 0.6) is 0 Å². The maximum absolute atomic E-state index is 12.2. The third-order valence-corrected chi connectivity index (χ3v) is 3.65. The molecule has 5 heteroatoms. The molecule has 0 aliphatic carbocycles. The molecule has 0 aliphatic rings. The van der Waals surface area contributed by atoms with E-state index < -0.39 is 0 Å². The summed E-state index contributed by atoms with van der Waals surface area (Å²) in [6.07, 6.45) is 0.418. The summed E-state index contributed by atoms with van der Waals surface area (Å²) in [5.41, 5.74) is 7.46. The molecule has 0 saturated heterocycles. The molecule has 2 unspecified atom stereocenters. The Kier molecular flexibility index (Phi) is 6.21. The van der Waals surface area contributed by atoms with E-state index in [1.807, 2.05) is 38.1 Å². The zero-order valence-electron chi connectivity index (χ0n) is 13.2. The number of nitrogens with two attached hydrogens (primary N) is 1. The molecule has 1 rings (SSSR count). The summed E-state index contributed by atoms with van der Waals surface area (Å²) in [6.45, 7) is 4.25. The van der Waals surface area contributed by atoms with Gasteiger partial charge >= 0.3 is 0 Å². The lowest BCUT2D eigenvalue weighted by Gasteiger charge is -2.22. The number of nitrogens with one attached hydrogen (secondary N) is 1. The zero-order chi connectivity index (χ0) is 16.0. The number of rotatable bonds is 6. The van der Waals surface area contributed by atoms with Crippen LogP contribution in [-0.4, -0.2) is 37.4 Å². The van der Waals surface area contributed by atoms with E-state index in [0.29, 0.717) is 18.7 Å². The number of carbonyl (C=O) groups is 2. The number of nitrogens with zero attached hydrogens (tertiary/aromatic N) is 1. The summed E-state index contributed by atoms with van der Waals surface area (Å²) in [5, 5.41) is 2.59. The van der Waals surface area contributed by atoms with Crippen LogP contribution in [0.2, 0.25) is 0 Å². The van der Waals surface area contributed by atoms with Gasteiger partial charge in [0.25, 0.3) is 0 Å². The smallest absolute Gasteiger partial charge is 0.224 e. The van der Waals surface area contributed by atoms with E-state index in [9.17, 15) is 9.59 Å². The minimum atomic E-state index is -0.212. The van der Waals surface area contributed by atoms with Gasteiger partial charge in [-0.15, -0.1) is 0 Å². The summed E-state index contributed by atoms with van der Waals surface area (Å²) < 4.78 is 0. The highest BCUT2D eigenvalue weighted by atomic mass is 16.2. The fraction of sp³-hybridized carbons (Fsp3) is 0.500. The van der Waals surface area contributed by atoms with E-state index in [1.54, 1.807) is 19.0 Å². The fourth-order valence-corrected chi connectivity index (χ4v) is 2.20. The average molecular weight is 291 g/mol. The topological polar surface area (TPSA) is 75.4 Å². The van der Waals surface area contributed by atoms with E-state index in [-0.39, 0.29) is 23.7 Å². The van der Waals surface area contributed by atoms with Crippen molar-refractivity contribution >= 4 is 17.5 Å². The normalized spacial score (nSPS) is 13.3. The predicted octanol–water partition coefficient (Wildman–Crippen LogP) is 1.60. The van der Waals surface area contributed by atoms with Gasteiger partial charge in [0, 0.05) is 32.7 Å². The van der Waals surface area contributed by atoms with Gasteiger partial charge < -0.3 is 16.0 Å². The highest BCUT2D eigenvalue weighted by Crippen LogP contribution is 2.21. The molecule has 2 atom stereocenters. The molecule has 0 fully saturated rings. The van der Waals surface area contributed by atoms with E-state index in [0.717, 1.165) is 5.56 Å². The highest BCUT2D eigenvalue weighted by Gasteiger charge is 2.19. The van der Waals surface area contributed by atoms with E-state index in [4.69, 9.17) is 5.73 Å². The summed E-state index contributed by atoms with van der Waals surface area (Å²) in [7, 11) is 3.33. The number of benzene rings is 1. The fourth-order valence-electron chi connectivity index (χ4n) is 2.20. The molecule has 116 valence electrons. The summed E-state index contributed by atoms with van der Waals surface area (Å²) in [5.74, 6) is -0.108. The van der Waals surface area contributed by atoms with Gasteiger partial charge in [0.15, 0.2) is 0 Å². The van der Waals surface area contributed by atoms with Crippen LogP contribution in [0.1, 0.15) is 31.7 Å². The first-order valence-corrected chi connectivity index (χ1v) is 7.16. The van der Waals surface area contributed by atoms with E-state index in [1.165, 1.54) is 0 Å². The van der Waals surface area contributed by atoms with Gasteiger partial charge in [0.2, 0.25) is 11.8 Å². The lowest BCUT2D eigenvalue weighted by atomic mass is 9.97. The summed E-state index contributed by atoms with van der Waals surface area (Å²) >= 11 is 0. The molecule has 5 nitrogen and oxygen atoms in total. The molecule has 3 N–H and O–H groups in total. The first kappa shape index (κ1) is 17.0. The number of amides is 2. The van der Waals surface area contributed by atoms with Crippen LogP contribution in [-0.2, 0) is 9.59 Å². The maximum Gasteiger partial charge on any atom is 0.224 e. The van der Waals surface area contributed by atoms with Crippen LogP contribution in [0.4, 0.5) is 5.69 Å². The van der Waals surface area contributed by atoms with Crippen LogP contribution in [0.3, 0.4) is 0 Å². The van der Waals surface area contributed by atoms with E-state index in [2.05, 4.69) is 5.32 Å². The van der Waals surface area contributed by atoms with Crippen molar-refractivity contribution in [3.05, 3.63) is 29.8 Å². The van der Waals surface area contributed by atoms with Crippen LogP contribution in [0, 0.1) is 5.92 Å². The minimum absolute atomic E-state index is 0.0371. The number of nitrogen functional groups attached to an aromatic ring is 1. The maximum atomic E-state index is 12.2. The van der Waals surface area contributed by atoms with Crippen molar-refractivity contribution in [3.8, 4) is 0 Å². The van der Waals surface area contributed by atoms with Crippen molar-refractivity contribution in [1.82, 2.24) is 10.2 Å². The largest absolute Gasteiger partial charge is 0.399 e. The first-order valence-electron chi connectivity index (χ1n) is 7.16. The second-order valence-electron chi connectivity index (χ2n) is 5.56. The monoisotopic (exact) mass is 291 g/mol. The Labute approximate surface area is 126 Å². The Morgan fingerprint density at radius 1 is 1.24 bits per heavy atom. The lowest BCUT2D eigenvalue weighted by Crippen LogP contribution is -2.37. The molecule has 0 aliphatic heterocycles. The molecular weight excluding hydrogens is 266 g/mol. The SMILES string of the molecule is CNC(=O)C(C)CN(C)C(=O)CC(C)c1ccc(N)cc1. The molecule has 1 aromatic carbocycles. The Morgan fingerprint density at radius 2 is 1.81 bits per heavy atom. The van der Waals surface area contributed by atoms with Gasteiger partial charge in [0.05, 0.1) is 5.92 Å². The molecule has 1 aromatic rings. The first-order chi connectivity index (χ1) is 9.85. The second kappa shape index (κ2) is 7.67. The molecule has 0 saturated carbocycles. The Hall–Kier alpha value is -2.04. The van der Waals surface area contributed by atoms with Gasteiger partial charge in [-0.2, -0.15) is 0 Å². The van der Waals surface area contributed by atoms with Crippen LogP contribution < -0.4 is 11.1 Å². The lowest BCUT2D eigenvalue weighted by molar-refractivity contribution is -0.132. The highest BCUT2D eigenvalue weighted by molar-refractivity contribution is 5.80.